The Bertz CT molecular complexity index is 8.00. The Morgan fingerprint density at radius 2 is 1.75 bits per heavy atom. The van der Waals surface area contributed by atoms with Crippen LogP contribution in [0.1, 0.15) is 0 Å². The number of halogens is 1. The van der Waals surface area contributed by atoms with Crippen molar-refractivity contribution in [2.75, 3.05) is 7.11 Å². The maximum absolute atomic E-state index is 3.94. The molecule has 0 rings (SSSR count). The Labute approximate surface area is 40.0 Å². The first-order valence-corrected chi connectivity index (χ1v) is 0.969. The first-order valence-electron chi connectivity index (χ1n) is 0.544. The molecular formula is CH4ClCoO. The molecule has 0 unspecified atom stereocenters. The van der Waals surface area contributed by atoms with E-state index in [-0.39, 0.29) is 12.4 Å². The molecule has 0 atom stereocenters. The smallest absolute Gasteiger partial charge is 0.147 e. The minimum Gasteiger partial charge on any atom is -0.147 e. The van der Waals surface area contributed by atoms with Gasteiger partial charge in [0.2, 0.25) is 0 Å². The summed E-state index contributed by atoms with van der Waals surface area (Å²) in [5, 5.41) is 0. The van der Waals surface area contributed by atoms with Gasteiger partial charge in [0, 0.05) is 0 Å². The van der Waals surface area contributed by atoms with E-state index in [1.165, 1.54) is 7.11 Å². The standard InChI is InChI=1S/CH3O.ClH.Co/c1-2;;/h1H3;1H;/q-1;;+1. The number of hydrogen-bond acceptors (Lipinski definition) is 1. The normalized spacial score (nSPS) is 4.75. The van der Waals surface area contributed by atoms with Gasteiger partial charge < -0.3 is 0 Å². The monoisotopic (exact) mass is 126 g/mol. The average Bonchev–Trinajstić information content (AvgIpc) is 0.918. The molecule has 0 fully saturated rings. The summed E-state index contributed by atoms with van der Waals surface area (Å²) in [6, 6.07) is 0. The average molecular weight is 126 g/mol. The molecule has 0 aromatic carbocycles. The summed E-state index contributed by atoms with van der Waals surface area (Å²) in [4.78, 5) is 0. The molecule has 0 saturated carbocycles. The van der Waals surface area contributed by atoms with Gasteiger partial charge in [0.15, 0.2) is 0 Å². The second-order valence-electron chi connectivity index (χ2n) is 0.136. The van der Waals surface area contributed by atoms with E-state index >= 15 is 0 Å². The van der Waals surface area contributed by atoms with Crippen molar-refractivity contribution in [3.8, 4) is 0 Å². The van der Waals surface area contributed by atoms with E-state index in [0.29, 0.717) is 0 Å². The van der Waals surface area contributed by atoms with Crippen molar-refractivity contribution in [2.45, 2.75) is 0 Å². The third-order valence-electron chi connectivity index (χ3n) is 0. The molecule has 0 aliphatic rings. The summed E-state index contributed by atoms with van der Waals surface area (Å²) in [5.74, 6) is 0. The molecule has 0 amide bonds. The van der Waals surface area contributed by atoms with Crippen LogP contribution in [0, 0.1) is 0 Å². The van der Waals surface area contributed by atoms with Crippen LogP contribution in [0.2, 0.25) is 0 Å². The molecule has 0 saturated heterocycles. The van der Waals surface area contributed by atoms with Crippen molar-refractivity contribution in [3.63, 3.8) is 0 Å². The fraction of sp³-hybridized carbons (Fsp3) is 1.00. The summed E-state index contributed by atoms with van der Waals surface area (Å²) in [7, 11) is 1.49. The molecule has 0 aromatic heterocycles. The Hall–Kier alpha value is 0.756. The number of hydrogen-bond donors (Lipinski definition) is 0. The van der Waals surface area contributed by atoms with Gasteiger partial charge in [-0.25, -0.2) is 0 Å². The van der Waals surface area contributed by atoms with Gasteiger partial charge in [-0.05, 0) is 0 Å². The Morgan fingerprint density at radius 3 is 1.75 bits per heavy atom. The molecule has 3 heteroatoms. The molecule has 0 aromatic rings. The quantitative estimate of drug-likeness (QED) is 0.460. The van der Waals surface area contributed by atoms with Crippen LogP contribution in [-0.4, -0.2) is 7.11 Å². The van der Waals surface area contributed by atoms with Crippen LogP contribution in [0.5, 0.6) is 0 Å². The van der Waals surface area contributed by atoms with Gasteiger partial charge in [0.25, 0.3) is 0 Å². The summed E-state index contributed by atoms with van der Waals surface area (Å²) in [6.45, 7) is 0. The second kappa shape index (κ2) is 9.25. The fourth-order valence-corrected chi connectivity index (χ4v) is 0. The van der Waals surface area contributed by atoms with Crippen molar-refractivity contribution >= 4 is 12.4 Å². The maximum Gasteiger partial charge on any atom is -0.147 e. The van der Waals surface area contributed by atoms with Crippen molar-refractivity contribution in [3.05, 3.63) is 0 Å². The Morgan fingerprint density at radius 1 is 1.75 bits per heavy atom. The van der Waals surface area contributed by atoms with Crippen LogP contribution in [0.15, 0.2) is 0 Å². The maximum atomic E-state index is 3.94. The topological polar surface area (TPSA) is 9.23 Å². The van der Waals surface area contributed by atoms with E-state index < -0.39 is 0 Å². The molecule has 0 bridgehead atoms. The first kappa shape index (κ1) is 8.83. The van der Waals surface area contributed by atoms with Crippen molar-refractivity contribution in [1.29, 1.82) is 0 Å². The SMILES string of the molecule is C[O][Co].Cl. The zero-order valence-electron chi connectivity index (χ0n) is 2.15. The van der Waals surface area contributed by atoms with Crippen LogP contribution in [0.3, 0.4) is 0 Å². The number of rotatable bonds is 0. The minimum atomic E-state index is 0. The van der Waals surface area contributed by atoms with Gasteiger partial charge in [0.05, 0.1) is 0 Å². The van der Waals surface area contributed by atoms with Crippen LogP contribution in [0.4, 0.5) is 0 Å². The van der Waals surface area contributed by atoms with Crippen molar-refractivity contribution in [2.24, 2.45) is 0 Å². The largest absolute Gasteiger partial charge is 0.147 e. The summed E-state index contributed by atoms with van der Waals surface area (Å²) >= 11 is 3.33. The van der Waals surface area contributed by atoms with E-state index in [4.69, 9.17) is 0 Å². The first-order chi connectivity index (χ1) is 1.41. The minimum absolute atomic E-state index is 0. The summed E-state index contributed by atoms with van der Waals surface area (Å²) in [6.07, 6.45) is 0. The van der Waals surface area contributed by atoms with E-state index in [0.717, 1.165) is 0 Å². The second-order valence-corrected chi connectivity index (χ2v) is 0.561. The predicted octanol–water partition coefficient (Wildman–Crippen LogP) is 0.516. The Kier molecular flexibility index (Phi) is 20.4. The molecule has 0 aliphatic heterocycles. The summed E-state index contributed by atoms with van der Waals surface area (Å²) < 4.78 is 3.94. The molecule has 30 valence electrons. The summed E-state index contributed by atoms with van der Waals surface area (Å²) in [5.41, 5.74) is 0. The zero-order chi connectivity index (χ0) is 2.71. The fourth-order valence-electron chi connectivity index (χ4n) is 0. The molecule has 0 spiro atoms. The third kappa shape index (κ3) is 14.9. The van der Waals surface area contributed by atoms with Crippen LogP contribution in [-0.2, 0) is 19.9 Å². The van der Waals surface area contributed by atoms with Crippen LogP contribution in [0.25, 0.3) is 0 Å². The Balaban J connectivity index is 0. The van der Waals surface area contributed by atoms with Gasteiger partial charge >= 0.3 is 27.0 Å². The molecule has 0 heterocycles. The van der Waals surface area contributed by atoms with Gasteiger partial charge in [-0.2, -0.15) is 0 Å². The van der Waals surface area contributed by atoms with Crippen molar-refractivity contribution < 1.29 is 19.9 Å². The van der Waals surface area contributed by atoms with Gasteiger partial charge in [0.1, 0.15) is 0 Å². The molecule has 0 N–H and O–H groups in total. The van der Waals surface area contributed by atoms with E-state index in [1.807, 2.05) is 0 Å². The van der Waals surface area contributed by atoms with E-state index in [9.17, 15) is 0 Å². The third-order valence-corrected chi connectivity index (χ3v) is 0. The zero-order valence-corrected chi connectivity index (χ0v) is 4.01. The molecule has 0 aliphatic carbocycles. The molecular weight excluding hydrogens is 122 g/mol. The van der Waals surface area contributed by atoms with E-state index in [1.54, 1.807) is 0 Å². The molecule has 4 heavy (non-hydrogen) atoms. The molecule has 0 radical (unpaired) electrons. The van der Waals surface area contributed by atoms with Crippen LogP contribution < -0.4 is 0 Å². The van der Waals surface area contributed by atoms with Gasteiger partial charge in [-0.15, -0.1) is 12.4 Å². The van der Waals surface area contributed by atoms with E-state index in [2.05, 4.69) is 19.9 Å². The molecule has 1 nitrogen and oxygen atoms in total. The van der Waals surface area contributed by atoms with Gasteiger partial charge in [-0.1, -0.05) is 0 Å². The predicted molar refractivity (Wildman–Crippen MR) is 14.3 cm³/mol. The van der Waals surface area contributed by atoms with Crippen LogP contribution >= 0.6 is 12.4 Å². The van der Waals surface area contributed by atoms with Crippen molar-refractivity contribution in [1.82, 2.24) is 0 Å². The van der Waals surface area contributed by atoms with Gasteiger partial charge in [-0.3, -0.25) is 0 Å².